The van der Waals surface area contributed by atoms with Gasteiger partial charge in [-0.3, -0.25) is 10.1 Å². The second kappa shape index (κ2) is 5.22. The molecule has 20 heavy (non-hydrogen) atoms. The highest BCUT2D eigenvalue weighted by molar-refractivity contribution is 5.71. The molecule has 8 heteroatoms. The molecule has 0 fully saturated rings. The summed E-state index contributed by atoms with van der Waals surface area (Å²) in [6, 6.07) is 7.93. The van der Waals surface area contributed by atoms with Crippen molar-refractivity contribution in [2.24, 2.45) is 10.2 Å². The number of phenols is 2. The molecule has 0 aliphatic carbocycles. The minimum atomic E-state index is -0.531. The average Bonchev–Trinajstić information content (AvgIpc) is 2.43. The van der Waals surface area contributed by atoms with Gasteiger partial charge in [0.2, 0.25) is 0 Å². The fourth-order valence-electron chi connectivity index (χ4n) is 1.43. The number of phenolic OH excluding ortho intramolecular Hbond substituents is 2. The molecule has 102 valence electrons. The van der Waals surface area contributed by atoms with Crippen molar-refractivity contribution in [1.82, 2.24) is 0 Å². The first-order valence-electron chi connectivity index (χ1n) is 5.45. The van der Waals surface area contributed by atoms with Crippen LogP contribution in [0.1, 0.15) is 0 Å². The lowest BCUT2D eigenvalue weighted by atomic mass is 10.2. The SMILES string of the molecule is Nc1ccc(O)c(N=Nc2ccc([N+](=O)[O-])cc2)c1O. The first-order valence-corrected chi connectivity index (χ1v) is 5.45. The van der Waals surface area contributed by atoms with Gasteiger partial charge in [0, 0.05) is 12.1 Å². The summed E-state index contributed by atoms with van der Waals surface area (Å²) in [6.07, 6.45) is 0. The maximum absolute atomic E-state index is 10.5. The van der Waals surface area contributed by atoms with Gasteiger partial charge in [0.05, 0.1) is 16.3 Å². The van der Waals surface area contributed by atoms with E-state index in [1.807, 2.05) is 0 Å². The fourth-order valence-corrected chi connectivity index (χ4v) is 1.43. The molecule has 2 aromatic carbocycles. The number of azo groups is 1. The number of hydrogen-bond donors (Lipinski definition) is 3. The van der Waals surface area contributed by atoms with E-state index >= 15 is 0 Å². The van der Waals surface area contributed by atoms with Crippen LogP contribution in [0.25, 0.3) is 0 Å². The Morgan fingerprint density at radius 1 is 1.05 bits per heavy atom. The molecule has 0 spiro atoms. The van der Waals surface area contributed by atoms with Crippen molar-refractivity contribution in [2.45, 2.75) is 0 Å². The Hall–Kier alpha value is -3.16. The lowest BCUT2D eigenvalue weighted by Crippen LogP contribution is -1.85. The molecule has 0 heterocycles. The molecule has 0 radical (unpaired) electrons. The van der Waals surface area contributed by atoms with Crippen LogP contribution in [0.5, 0.6) is 11.5 Å². The molecular weight excluding hydrogens is 264 g/mol. The van der Waals surface area contributed by atoms with Crippen molar-refractivity contribution < 1.29 is 15.1 Å². The Bertz CT molecular complexity index is 683. The van der Waals surface area contributed by atoms with Gasteiger partial charge in [0.1, 0.15) is 5.75 Å². The van der Waals surface area contributed by atoms with Gasteiger partial charge >= 0.3 is 0 Å². The number of nitro groups is 1. The van der Waals surface area contributed by atoms with Crippen LogP contribution >= 0.6 is 0 Å². The zero-order valence-electron chi connectivity index (χ0n) is 10.1. The Balaban J connectivity index is 2.30. The van der Waals surface area contributed by atoms with Crippen LogP contribution in [0, 0.1) is 10.1 Å². The first-order chi connectivity index (χ1) is 9.49. The monoisotopic (exact) mass is 274 g/mol. The van der Waals surface area contributed by atoms with Gasteiger partial charge < -0.3 is 15.9 Å². The van der Waals surface area contributed by atoms with Gasteiger partial charge in [0.15, 0.2) is 11.4 Å². The number of benzene rings is 2. The molecule has 0 aliphatic rings. The Morgan fingerprint density at radius 3 is 2.30 bits per heavy atom. The van der Waals surface area contributed by atoms with Gasteiger partial charge in [-0.2, -0.15) is 5.11 Å². The van der Waals surface area contributed by atoms with Crippen molar-refractivity contribution in [3.8, 4) is 11.5 Å². The number of nitrogen functional groups attached to an aromatic ring is 1. The van der Waals surface area contributed by atoms with Gasteiger partial charge in [-0.25, -0.2) is 0 Å². The van der Waals surface area contributed by atoms with Crippen LogP contribution in [0.3, 0.4) is 0 Å². The van der Waals surface area contributed by atoms with E-state index in [0.717, 1.165) is 0 Å². The van der Waals surface area contributed by atoms with E-state index in [1.54, 1.807) is 0 Å². The van der Waals surface area contributed by atoms with Gasteiger partial charge in [0.25, 0.3) is 5.69 Å². The van der Waals surface area contributed by atoms with Crippen LogP contribution < -0.4 is 5.73 Å². The van der Waals surface area contributed by atoms with Crippen LogP contribution in [0.15, 0.2) is 46.6 Å². The largest absolute Gasteiger partial charge is 0.505 e. The third kappa shape index (κ3) is 2.64. The maximum Gasteiger partial charge on any atom is 0.269 e. The molecule has 0 bridgehead atoms. The number of rotatable bonds is 3. The number of nitro benzene ring substituents is 1. The predicted molar refractivity (Wildman–Crippen MR) is 71.5 cm³/mol. The summed E-state index contributed by atoms with van der Waals surface area (Å²) in [5.41, 5.74) is 5.63. The second-order valence-electron chi connectivity index (χ2n) is 3.84. The van der Waals surface area contributed by atoms with E-state index in [0.29, 0.717) is 5.69 Å². The van der Waals surface area contributed by atoms with E-state index in [4.69, 9.17) is 5.73 Å². The minimum absolute atomic E-state index is 0.0560. The Labute approximate surface area is 113 Å². The van der Waals surface area contributed by atoms with Crippen LogP contribution in [0.4, 0.5) is 22.7 Å². The highest BCUT2D eigenvalue weighted by atomic mass is 16.6. The van der Waals surface area contributed by atoms with Crippen LogP contribution in [0.2, 0.25) is 0 Å². The molecule has 0 saturated carbocycles. The predicted octanol–water partition coefficient (Wildman–Crippen LogP) is 3.00. The molecule has 0 atom stereocenters. The fraction of sp³-hybridized carbons (Fsp3) is 0. The van der Waals surface area contributed by atoms with E-state index in [1.165, 1.54) is 36.4 Å². The maximum atomic E-state index is 10.5. The highest BCUT2D eigenvalue weighted by Crippen LogP contribution is 2.40. The number of nitrogens with zero attached hydrogens (tertiary/aromatic N) is 3. The van der Waals surface area contributed by atoms with E-state index in [9.17, 15) is 20.3 Å². The normalized spacial score (nSPS) is 10.8. The van der Waals surface area contributed by atoms with Gasteiger partial charge in [-0.05, 0) is 24.3 Å². The van der Waals surface area contributed by atoms with Gasteiger partial charge in [-0.1, -0.05) is 0 Å². The molecule has 0 amide bonds. The summed E-state index contributed by atoms with van der Waals surface area (Å²) in [5, 5.41) is 37.1. The topological polar surface area (TPSA) is 134 Å². The summed E-state index contributed by atoms with van der Waals surface area (Å²) in [5.74, 6) is -0.655. The summed E-state index contributed by atoms with van der Waals surface area (Å²) >= 11 is 0. The first kappa shape index (κ1) is 13.3. The number of aromatic hydroxyl groups is 2. The summed E-state index contributed by atoms with van der Waals surface area (Å²) in [7, 11) is 0. The number of non-ortho nitro benzene ring substituents is 1. The second-order valence-corrected chi connectivity index (χ2v) is 3.84. The molecule has 0 aromatic heterocycles. The quantitative estimate of drug-likeness (QED) is 0.197. The molecule has 0 aliphatic heterocycles. The van der Waals surface area contributed by atoms with Crippen molar-refractivity contribution in [2.75, 3.05) is 5.73 Å². The molecule has 0 unspecified atom stereocenters. The lowest BCUT2D eigenvalue weighted by Gasteiger charge is -2.03. The van der Waals surface area contributed by atoms with E-state index in [2.05, 4.69) is 10.2 Å². The minimum Gasteiger partial charge on any atom is -0.505 e. The molecule has 8 nitrogen and oxygen atoms in total. The molecule has 4 N–H and O–H groups in total. The lowest BCUT2D eigenvalue weighted by molar-refractivity contribution is -0.384. The Morgan fingerprint density at radius 2 is 1.70 bits per heavy atom. The van der Waals surface area contributed by atoms with Crippen LogP contribution in [-0.4, -0.2) is 15.1 Å². The smallest absolute Gasteiger partial charge is 0.269 e. The van der Waals surface area contributed by atoms with Crippen molar-refractivity contribution in [3.63, 3.8) is 0 Å². The van der Waals surface area contributed by atoms with Crippen molar-refractivity contribution in [1.29, 1.82) is 0 Å². The summed E-state index contributed by atoms with van der Waals surface area (Å²) in [4.78, 5) is 9.96. The molecule has 0 saturated heterocycles. The zero-order valence-corrected chi connectivity index (χ0v) is 10.1. The number of hydrogen-bond acceptors (Lipinski definition) is 7. The van der Waals surface area contributed by atoms with Crippen molar-refractivity contribution >= 4 is 22.7 Å². The number of anilines is 1. The highest BCUT2D eigenvalue weighted by Gasteiger charge is 2.10. The standard InChI is InChI=1S/C12H10N4O4/c13-9-5-6-10(17)11(12(9)18)15-14-7-1-3-8(4-2-7)16(19)20/h1-6,17-18H,13H2. The molecule has 2 aromatic rings. The summed E-state index contributed by atoms with van der Waals surface area (Å²) in [6.45, 7) is 0. The van der Waals surface area contributed by atoms with Crippen molar-refractivity contribution in [3.05, 3.63) is 46.5 Å². The average molecular weight is 274 g/mol. The molecular formula is C12H10N4O4. The van der Waals surface area contributed by atoms with E-state index in [-0.39, 0.29) is 28.6 Å². The number of nitrogens with two attached hydrogens (primary N) is 1. The third-order valence-corrected chi connectivity index (χ3v) is 2.49. The molecule has 2 rings (SSSR count). The zero-order chi connectivity index (χ0) is 14.7. The third-order valence-electron chi connectivity index (χ3n) is 2.49. The van der Waals surface area contributed by atoms with E-state index < -0.39 is 4.92 Å². The summed E-state index contributed by atoms with van der Waals surface area (Å²) < 4.78 is 0. The van der Waals surface area contributed by atoms with Gasteiger partial charge in [-0.15, -0.1) is 5.11 Å². The van der Waals surface area contributed by atoms with Crippen LogP contribution in [-0.2, 0) is 0 Å². The Kier molecular flexibility index (Phi) is 3.47.